The Morgan fingerprint density at radius 1 is 1.50 bits per heavy atom. The molecule has 0 amide bonds. The van der Waals surface area contributed by atoms with Crippen LogP contribution in [0.15, 0.2) is 27.2 Å². The average Bonchev–Trinajstić information content (AvgIpc) is 2.90. The molecular weight excluding hydrogens is 346 g/mol. The zero-order valence-electron chi connectivity index (χ0n) is 11.2. The van der Waals surface area contributed by atoms with Gasteiger partial charge in [-0.15, -0.1) is 0 Å². The van der Waals surface area contributed by atoms with Crippen molar-refractivity contribution in [3.8, 4) is 11.4 Å². The van der Waals surface area contributed by atoms with E-state index in [2.05, 4.69) is 31.4 Å². The lowest BCUT2D eigenvalue weighted by molar-refractivity contribution is 0.165. The quantitative estimate of drug-likeness (QED) is 0.858. The minimum Gasteiger partial charge on any atom is -0.383 e. The molecule has 1 aromatic carbocycles. The first-order valence-corrected chi connectivity index (χ1v) is 7.25. The van der Waals surface area contributed by atoms with E-state index in [-0.39, 0.29) is 6.04 Å². The van der Waals surface area contributed by atoms with Crippen LogP contribution in [0.4, 0.5) is 0 Å². The van der Waals surface area contributed by atoms with Gasteiger partial charge < -0.3 is 14.6 Å². The monoisotopic (exact) mass is 359 g/mol. The number of nitrogens with zero attached hydrogens (tertiary/aromatic N) is 2. The molecule has 0 aliphatic heterocycles. The lowest BCUT2D eigenvalue weighted by Crippen LogP contribution is -2.32. The third kappa shape index (κ3) is 3.79. The van der Waals surface area contributed by atoms with Crippen molar-refractivity contribution in [3.05, 3.63) is 33.6 Å². The second-order valence-electron chi connectivity index (χ2n) is 4.29. The van der Waals surface area contributed by atoms with Crippen molar-refractivity contribution in [2.45, 2.75) is 12.5 Å². The maximum absolute atomic E-state index is 5.96. The van der Waals surface area contributed by atoms with Crippen LogP contribution >= 0.6 is 27.5 Å². The predicted octanol–water partition coefficient (Wildman–Crippen LogP) is 2.93. The second-order valence-corrected chi connectivity index (χ2v) is 5.55. The average molecular weight is 361 g/mol. The highest BCUT2D eigenvalue weighted by Gasteiger charge is 2.14. The van der Waals surface area contributed by atoms with E-state index in [0.717, 1.165) is 10.0 Å². The van der Waals surface area contributed by atoms with E-state index in [1.54, 1.807) is 13.2 Å². The van der Waals surface area contributed by atoms with Crippen LogP contribution in [0.1, 0.15) is 5.89 Å². The Labute approximate surface area is 130 Å². The summed E-state index contributed by atoms with van der Waals surface area (Å²) in [4.78, 5) is 4.38. The minimum atomic E-state index is 0.144. The van der Waals surface area contributed by atoms with Gasteiger partial charge in [-0.25, -0.2) is 0 Å². The Hall–Kier alpha value is -0.950. The smallest absolute Gasteiger partial charge is 0.228 e. The zero-order valence-corrected chi connectivity index (χ0v) is 13.5. The van der Waals surface area contributed by atoms with Gasteiger partial charge in [0.05, 0.1) is 11.6 Å². The fraction of sp³-hybridized carbons (Fsp3) is 0.385. The number of likely N-dealkylation sites (N-methyl/N-ethyl adjacent to an activating group) is 1. The molecule has 1 aromatic heterocycles. The van der Waals surface area contributed by atoms with E-state index in [0.29, 0.717) is 29.8 Å². The first kappa shape index (κ1) is 15.4. The van der Waals surface area contributed by atoms with Crippen molar-refractivity contribution in [1.29, 1.82) is 0 Å². The van der Waals surface area contributed by atoms with E-state index in [1.807, 2.05) is 19.2 Å². The molecule has 20 heavy (non-hydrogen) atoms. The summed E-state index contributed by atoms with van der Waals surface area (Å²) in [6, 6.07) is 5.65. The molecule has 2 rings (SSSR count). The Morgan fingerprint density at radius 2 is 2.30 bits per heavy atom. The molecule has 1 atom stereocenters. The van der Waals surface area contributed by atoms with Gasteiger partial charge in [0.15, 0.2) is 0 Å². The van der Waals surface area contributed by atoms with E-state index in [1.165, 1.54) is 0 Å². The van der Waals surface area contributed by atoms with E-state index in [9.17, 15) is 0 Å². The van der Waals surface area contributed by atoms with E-state index in [4.69, 9.17) is 20.9 Å². The molecular formula is C13H15BrClN3O2. The molecule has 1 N–H and O–H groups in total. The van der Waals surface area contributed by atoms with E-state index >= 15 is 0 Å². The topological polar surface area (TPSA) is 60.2 Å². The minimum absolute atomic E-state index is 0.144. The van der Waals surface area contributed by atoms with Gasteiger partial charge in [-0.05, 0) is 41.2 Å². The first-order valence-electron chi connectivity index (χ1n) is 6.08. The van der Waals surface area contributed by atoms with Gasteiger partial charge >= 0.3 is 0 Å². The van der Waals surface area contributed by atoms with Gasteiger partial charge in [0, 0.05) is 29.6 Å². The number of aromatic nitrogens is 2. The van der Waals surface area contributed by atoms with Crippen LogP contribution in [0, 0.1) is 0 Å². The third-order valence-corrected chi connectivity index (χ3v) is 4.06. The van der Waals surface area contributed by atoms with Crippen molar-refractivity contribution in [3.63, 3.8) is 0 Å². The molecule has 2 aromatic rings. The summed E-state index contributed by atoms with van der Waals surface area (Å²) >= 11 is 9.34. The van der Waals surface area contributed by atoms with Crippen molar-refractivity contribution < 1.29 is 9.26 Å². The lowest BCUT2D eigenvalue weighted by atomic mass is 10.2. The summed E-state index contributed by atoms with van der Waals surface area (Å²) in [6.45, 7) is 0.584. The van der Waals surface area contributed by atoms with Crippen molar-refractivity contribution in [1.82, 2.24) is 15.5 Å². The van der Waals surface area contributed by atoms with E-state index < -0.39 is 0 Å². The Balaban J connectivity index is 2.13. The Morgan fingerprint density at radius 3 is 2.95 bits per heavy atom. The molecule has 108 valence electrons. The summed E-state index contributed by atoms with van der Waals surface area (Å²) in [6.07, 6.45) is 0.617. The van der Waals surface area contributed by atoms with Crippen molar-refractivity contribution >= 4 is 27.5 Å². The molecule has 7 heteroatoms. The SMILES string of the molecule is CNC(COC)Cc1nc(-c2ccc(Cl)c(Br)c2)no1. The maximum atomic E-state index is 5.96. The molecule has 0 saturated carbocycles. The van der Waals surface area contributed by atoms with Crippen LogP contribution in [-0.4, -0.2) is 36.9 Å². The Bertz CT molecular complexity index is 576. The van der Waals surface area contributed by atoms with Crippen LogP contribution in [0.25, 0.3) is 11.4 Å². The number of nitrogens with one attached hydrogen (secondary N) is 1. The van der Waals surface area contributed by atoms with Crippen molar-refractivity contribution in [2.75, 3.05) is 20.8 Å². The number of hydrogen-bond acceptors (Lipinski definition) is 5. The van der Waals surface area contributed by atoms with Gasteiger partial charge in [0.2, 0.25) is 11.7 Å². The predicted molar refractivity (Wildman–Crippen MR) is 80.9 cm³/mol. The molecule has 0 radical (unpaired) electrons. The molecule has 0 fully saturated rings. The number of rotatable bonds is 6. The van der Waals surface area contributed by atoms with Crippen LogP contribution in [0.5, 0.6) is 0 Å². The van der Waals surface area contributed by atoms with Gasteiger partial charge in [-0.1, -0.05) is 16.8 Å². The van der Waals surface area contributed by atoms with Crippen molar-refractivity contribution in [2.24, 2.45) is 0 Å². The molecule has 1 unspecified atom stereocenters. The normalized spacial score (nSPS) is 12.6. The Kier molecular flexibility index (Phi) is 5.54. The molecule has 0 aliphatic rings. The highest BCUT2D eigenvalue weighted by atomic mass is 79.9. The third-order valence-electron chi connectivity index (χ3n) is 2.84. The van der Waals surface area contributed by atoms with Crippen LogP contribution in [0.2, 0.25) is 5.02 Å². The molecule has 1 heterocycles. The van der Waals surface area contributed by atoms with Crippen LogP contribution in [-0.2, 0) is 11.2 Å². The number of ether oxygens (including phenoxy) is 1. The summed E-state index contributed by atoms with van der Waals surface area (Å²) in [7, 11) is 3.53. The lowest BCUT2D eigenvalue weighted by Gasteiger charge is -2.11. The van der Waals surface area contributed by atoms with Gasteiger partial charge in [-0.3, -0.25) is 0 Å². The number of halogens is 2. The number of hydrogen-bond donors (Lipinski definition) is 1. The van der Waals surface area contributed by atoms with Crippen LogP contribution < -0.4 is 5.32 Å². The standard InChI is InChI=1S/C13H15BrClN3O2/c1-16-9(7-19-2)6-12-17-13(18-20-12)8-3-4-11(15)10(14)5-8/h3-5,9,16H,6-7H2,1-2H3. The fourth-order valence-corrected chi connectivity index (χ4v) is 2.24. The second kappa shape index (κ2) is 7.17. The summed E-state index contributed by atoms with van der Waals surface area (Å²) < 4.78 is 11.2. The summed E-state index contributed by atoms with van der Waals surface area (Å²) in [5.41, 5.74) is 0.851. The van der Waals surface area contributed by atoms with Gasteiger partial charge in [0.1, 0.15) is 0 Å². The molecule has 0 spiro atoms. The number of methoxy groups -OCH3 is 1. The maximum Gasteiger partial charge on any atom is 0.228 e. The molecule has 0 aliphatic carbocycles. The highest BCUT2D eigenvalue weighted by Crippen LogP contribution is 2.27. The van der Waals surface area contributed by atoms with Gasteiger partial charge in [-0.2, -0.15) is 4.98 Å². The molecule has 5 nitrogen and oxygen atoms in total. The summed E-state index contributed by atoms with van der Waals surface area (Å²) in [5.74, 6) is 1.12. The fourth-order valence-electron chi connectivity index (χ4n) is 1.75. The highest BCUT2D eigenvalue weighted by molar-refractivity contribution is 9.10. The van der Waals surface area contributed by atoms with Crippen LogP contribution in [0.3, 0.4) is 0 Å². The first-order chi connectivity index (χ1) is 9.63. The molecule has 0 bridgehead atoms. The summed E-state index contributed by atoms with van der Waals surface area (Å²) in [5, 5.41) is 7.77. The molecule has 0 saturated heterocycles. The number of benzene rings is 1. The van der Waals surface area contributed by atoms with Gasteiger partial charge in [0.25, 0.3) is 0 Å². The largest absolute Gasteiger partial charge is 0.383 e. The zero-order chi connectivity index (χ0) is 14.5.